The van der Waals surface area contributed by atoms with Gasteiger partial charge in [0.15, 0.2) is 11.5 Å². The number of methoxy groups -OCH3 is 2. The Morgan fingerprint density at radius 2 is 1.81 bits per heavy atom. The van der Waals surface area contributed by atoms with Crippen LogP contribution in [0.1, 0.15) is 47.2 Å². The molecule has 1 fully saturated rings. The number of benzene rings is 2. The summed E-state index contributed by atoms with van der Waals surface area (Å²) in [5.74, 6) is 1.32. The van der Waals surface area contributed by atoms with Crippen molar-refractivity contribution < 1.29 is 19.0 Å². The fourth-order valence-corrected chi connectivity index (χ4v) is 3.40. The molecule has 3 rings (SSSR count). The number of hydrogen-bond acceptors (Lipinski definition) is 4. The molecule has 0 atom stereocenters. The fraction of sp³-hybridized carbons (Fsp3) is 0.348. The van der Waals surface area contributed by atoms with E-state index in [1.165, 1.54) is 32.8 Å². The molecule has 0 amide bonds. The first-order chi connectivity index (χ1) is 13.2. The highest BCUT2D eigenvalue weighted by Crippen LogP contribution is 2.34. The molecular formula is C23H26O4. The van der Waals surface area contributed by atoms with Crippen molar-refractivity contribution >= 4 is 12.0 Å². The number of rotatable bonds is 7. The van der Waals surface area contributed by atoms with Crippen LogP contribution >= 0.6 is 0 Å². The molecular weight excluding hydrogens is 340 g/mol. The molecule has 0 aromatic heterocycles. The van der Waals surface area contributed by atoms with E-state index in [4.69, 9.17) is 14.2 Å². The summed E-state index contributed by atoms with van der Waals surface area (Å²) in [5, 5.41) is 0. The molecule has 0 saturated heterocycles. The van der Waals surface area contributed by atoms with Crippen molar-refractivity contribution in [1.82, 2.24) is 0 Å². The van der Waals surface area contributed by atoms with Crippen LogP contribution in [-0.4, -0.2) is 20.2 Å². The fourth-order valence-electron chi connectivity index (χ4n) is 3.40. The largest absolute Gasteiger partial charge is 0.493 e. The Hall–Kier alpha value is -2.75. The summed E-state index contributed by atoms with van der Waals surface area (Å²) in [6.45, 7) is 0.431. The Kier molecular flexibility index (Phi) is 6.53. The topological polar surface area (TPSA) is 44.8 Å². The smallest absolute Gasteiger partial charge is 0.338 e. The number of ether oxygens (including phenoxy) is 3. The second-order valence-electron chi connectivity index (χ2n) is 6.76. The summed E-state index contributed by atoms with van der Waals surface area (Å²) in [7, 11) is 2.96. The summed E-state index contributed by atoms with van der Waals surface area (Å²) < 4.78 is 16.4. The second-order valence-corrected chi connectivity index (χ2v) is 6.76. The Balaban J connectivity index is 1.89. The van der Waals surface area contributed by atoms with Crippen LogP contribution in [0.3, 0.4) is 0 Å². The van der Waals surface area contributed by atoms with E-state index in [0.717, 1.165) is 11.1 Å². The average Bonchev–Trinajstić information content (AvgIpc) is 3.24. The van der Waals surface area contributed by atoms with Gasteiger partial charge in [0.2, 0.25) is 0 Å². The Morgan fingerprint density at radius 3 is 2.48 bits per heavy atom. The van der Waals surface area contributed by atoms with Gasteiger partial charge < -0.3 is 14.2 Å². The molecule has 2 aromatic rings. The maximum atomic E-state index is 12.2. The van der Waals surface area contributed by atoms with Gasteiger partial charge in [-0.3, -0.25) is 0 Å². The van der Waals surface area contributed by atoms with Crippen molar-refractivity contribution in [3.05, 3.63) is 65.2 Å². The predicted octanol–water partition coefficient (Wildman–Crippen LogP) is 5.26. The van der Waals surface area contributed by atoms with Gasteiger partial charge in [-0.1, -0.05) is 55.3 Å². The van der Waals surface area contributed by atoms with E-state index in [-0.39, 0.29) is 5.97 Å². The van der Waals surface area contributed by atoms with Crippen molar-refractivity contribution in [2.45, 2.75) is 32.3 Å². The molecule has 0 heterocycles. The zero-order valence-electron chi connectivity index (χ0n) is 15.9. The summed E-state index contributed by atoms with van der Waals surface area (Å²) in [4.78, 5) is 12.2. The quantitative estimate of drug-likeness (QED) is 0.627. The summed E-state index contributed by atoms with van der Waals surface area (Å²) in [6.07, 6.45) is 9.16. The van der Waals surface area contributed by atoms with Gasteiger partial charge in [-0.05, 0) is 42.0 Å². The molecule has 0 spiro atoms. The monoisotopic (exact) mass is 366 g/mol. The first kappa shape index (κ1) is 19.0. The second kappa shape index (κ2) is 9.26. The first-order valence-electron chi connectivity index (χ1n) is 9.36. The average molecular weight is 366 g/mol. The van der Waals surface area contributed by atoms with Crippen LogP contribution in [0.5, 0.6) is 11.5 Å². The summed E-state index contributed by atoms with van der Waals surface area (Å²) in [6, 6.07) is 13.5. The van der Waals surface area contributed by atoms with Gasteiger partial charge >= 0.3 is 5.97 Å². The van der Waals surface area contributed by atoms with E-state index in [0.29, 0.717) is 29.6 Å². The molecule has 0 radical (unpaired) electrons. The van der Waals surface area contributed by atoms with Crippen molar-refractivity contribution in [3.8, 4) is 11.5 Å². The summed E-state index contributed by atoms with van der Waals surface area (Å²) >= 11 is 0. The molecule has 0 N–H and O–H groups in total. The third-order valence-corrected chi connectivity index (χ3v) is 4.93. The van der Waals surface area contributed by atoms with Gasteiger partial charge in [0.25, 0.3) is 0 Å². The molecule has 4 nitrogen and oxygen atoms in total. The van der Waals surface area contributed by atoms with Crippen molar-refractivity contribution in [1.29, 1.82) is 0 Å². The van der Waals surface area contributed by atoms with Gasteiger partial charge in [0.1, 0.15) is 6.61 Å². The van der Waals surface area contributed by atoms with Crippen LogP contribution in [0.4, 0.5) is 0 Å². The normalized spacial score (nSPS) is 14.4. The van der Waals surface area contributed by atoms with Gasteiger partial charge in [0.05, 0.1) is 19.8 Å². The van der Waals surface area contributed by atoms with Crippen molar-refractivity contribution in [3.63, 3.8) is 0 Å². The Morgan fingerprint density at radius 1 is 1.07 bits per heavy atom. The van der Waals surface area contributed by atoms with Crippen LogP contribution in [0, 0.1) is 5.92 Å². The maximum Gasteiger partial charge on any atom is 0.338 e. The van der Waals surface area contributed by atoms with E-state index < -0.39 is 0 Å². The minimum Gasteiger partial charge on any atom is -0.493 e. The minimum absolute atomic E-state index is 0.381. The predicted molar refractivity (Wildman–Crippen MR) is 106 cm³/mol. The van der Waals surface area contributed by atoms with Crippen LogP contribution in [0.25, 0.3) is 6.08 Å². The van der Waals surface area contributed by atoms with Gasteiger partial charge in [-0.25, -0.2) is 4.79 Å². The Bertz CT molecular complexity index is 790. The number of allylic oxidation sites excluding steroid dienone is 1. The molecule has 1 aliphatic carbocycles. The number of carbonyl (C=O) groups excluding carboxylic acids is 1. The van der Waals surface area contributed by atoms with Crippen LogP contribution < -0.4 is 9.47 Å². The minimum atomic E-state index is -0.381. The zero-order chi connectivity index (χ0) is 19.1. The molecule has 142 valence electrons. The van der Waals surface area contributed by atoms with Gasteiger partial charge in [-0.15, -0.1) is 0 Å². The van der Waals surface area contributed by atoms with Crippen LogP contribution in [0.2, 0.25) is 0 Å². The molecule has 0 bridgehead atoms. The van der Waals surface area contributed by atoms with Crippen molar-refractivity contribution in [2.75, 3.05) is 14.2 Å². The third kappa shape index (κ3) is 4.91. The molecule has 2 aromatic carbocycles. The lowest BCUT2D eigenvalue weighted by atomic mass is 10.0. The number of hydrogen-bond donors (Lipinski definition) is 0. The highest BCUT2D eigenvalue weighted by molar-refractivity contribution is 5.94. The molecule has 0 aliphatic heterocycles. The third-order valence-electron chi connectivity index (χ3n) is 4.93. The molecule has 1 aliphatic rings. The highest BCUT2D eigenvalue weighted by atomic mass is 16.5. The molecule has 4 heteroatoms. The number of carbonyl (C=O) groups is 1. The molecule has 0 unspecified atom stereocenters. The van der Waals surface area contributed by atoms with E-state index in [2.05, 4.69) is 6.08 Å². The summed E-state index contributed by atoms with van der Waals surface area (Å²) in [5.41, 5.74) is 2.34. The van der Waals surface area contributed by atoms with E-state index in [1.54, 1.807) is 13.2 Å². The van der Waals surface area contributed by atoms with Gasteiger partial charge in [-0.2, -0.15) is 0 Å². The zero-order valence-corrected chi connectivity index (χ0v) is 15.9. The van der Waals surface area contributed by atoms with Crippen molar-refractivity contribution in [2.24, 2.45) is 5.92 Å². The number of esters is 1. The van der Waals surface area contributed by atoms with Crippen LogP contribution in [0.15, 0.2) is 48.5 Å². The van der Waals surface area contributed by atoms with E-state index in [1.807, 2.05) is 42.5 Å². The standard InChI is InChI=1S/C23H26O4/c1-25-21-15-20(23(24)26-2)19(13-12-17-8-6-7-9-17)14-22(21)27-16-18-10-4-3-5-11-18/h3-5,10-15,17H,6-9,16H2,1-2H3/b13-12-. The van der Waals surface area contributed by atoms with Crippen LogP contribution in [-0.2, 0) is 11.3 Å². The lowest BCUT2D eigenvalue weighted by molar-refractivity contribution is 0.0600. The first-order valence-corrected chi connectivity index (χ1v) is 9.36. The molecule has 27 heavy (non-hydrogen) atoms. The Labute approximate surface area is 160 Å². The SMILES string of the molecule is COC(=O)c1cc(OC)c(OCc2ccccc2)cc1/C=C\C1CCCC1. The van der Waals surface area contributed by atoms with E-state index >= 15 is 0 Å². The molecule has 1 saturated carbocycles. The van der Waals surface area contributed by atoms with Gasteiger partial charge in [0, 0.05) is 0 Å². The maximum absolute atomic E-state index is 12.2. The lowest BCUT2D eigenvalue weighted by Crippen LogP contribution is -2.06. The highest BCUT2D eigenvalue weighted by Gasteiger charge is 2.18. The lowest BCUT2D eigenvalue weighted by Gasteiger charge is -2.14. The van der Waals surface area contributed by atoms with E-state index in [9.17, 15) is 4.79 Å².